The number of carbonyl (C=O) groups is 7. The summed E-state index contributed by atoms with van der Waals surface area (Å²) in [4.78, 5) is 85.5. The van der Waals surface area contributed by atoms with Crippen molar-refractivity contribution in [2.24, 2.45) is 0 Å². The number of rotatable bonds is 13. The lowest BCUT2D eigenvalue weighted by molar-refractivity contribution is -0.379. The van der Waals surface area contributed by atoms with Gasteiger partial charge in [0.25, 0.3) is 3.79 Å². The van der Waals surface area contributed by atoms with Crippen LogP contribution in [0.1, 0.15) is 55.4 Å². The van der Waals surface area contributed by atoms with E-state index in [1.807, 2.05) is 0 Å². The topological polar surface area (TPSA) is 284 Å². The summed E-state index contributed by atoms with van der Waals surface area (Å²) >= 11 is 17.7. The zero-order valence-electron chi connectivity index (χ0n) is 32.2. The molecule has 25 heteroatoms. The molecule has 0 aliphatic carbocycles. The van der Waals surface area contributed by atoms with Gasteiger partial charge in [-0.3, -0.25) is 39.0 Å². The molecular formula is C33H44Cl3NO21. The van der Waals surface area contributed by atoms with E-state index in [-0.39, 0.29) is 0 Å². The van der Waals surface area contributed by atoms with Crippen LogP contribution in [0.2, 0.25) is 0 Å². The number of hydrogen-bond donors (Lipinski definition) is 2. The molecule has 0 aromatic heterocycles. The summed E-state index contributed by atoms with van der Waals surface area (Å²) in [5.74, 6) is -7.35. The quantitative estimate of drug-likeness (QED) is 0.0835. The molecule has 0 saturated carbocycles. The highest BCUT2D eigenvalue weighted by atomic mass is 35.6. The van der Waals surface area contributed by atoms with Gasteiger partial charge in [-0.1, -0.05) is 34.8 Å². The fourth-order valence-electron chi connectivity index (χ4n) is 6.00. The summed E-state index contributed by atoms with van der Waals surface area (Å²) in [5.41, 5.74) is 0. The van der Waals surface area contributed by atoms with Crippen LogP contribution in [0, 0.1) is 5.41 Å². The fourth-order valence-corrected chi connectivity index (χ4v) is 6.13. The van der Waals surface area contributed by atoms with Crippen molar-refractivity contribution in [2.75, 3.05) is 13.2 Å². The lowest BCUT2D eigenvalue weighted by Crippen LogP contribution is -2.67. The Morgan fingerprint density at radius 3 is 1.55 bits per heavy atom. The zero-order chi connectivity index (χ0) is 43.8. The van der Waals surface area contributed by atoms with Gasteiger partial charge < -0.3 is 66.7 Å². The molecule has 0 unspecified atom stereocenters. The smallest absolute Gasteiger partial charge is 0.303 e. The minimum Gasteiger partial charge on any atom is -0.463 e. The van der Waals surface area contributed by atoms with Crippen molar-refractivity contribution in [3.63, 3.8) is 0 Å². The van der Waals surface area contributed by atoms with Crippen LogP contribution in [-0.4, -0.2) is 156 Å². The van der Waals surface area contributed by atoms with Gasteiger partial charge in [0.1, 0.15) is 24.9 Å². The third-order valence-electron chi connectivity index (χ3n) is 8.09. The minimum absolute atomic E-state index is 0.516. The van der Waals surface area contributed by atoms with E-state index in [0.717, 1.165) is 48.5 Å². The second-order valence-electron chi connectivity index (χ2n) is 12.9. The van der Waals surface area contributed by atoms with Gasteiger partial charge in [0.15, 0.2) is 55.3 Å². The average molecular weight is 897 g/mol. The molecule has 0 radical (unpaired) electrons. The van der Waals surface area contributed by atoms with Crippen LogP contribution in [0.4, 0.5) is 0 Å². The number of alkyl halides is 3. The second kappa shape index (κ2) is 21.1. The molecule has 14 atom stereocenters. The van der Waals surface area contributed by atoms with Crippen molar-refractivity contribution in [3.8, 4) is 0 Å². The lowest BCUT2D eigenvalue weighted by Gasteiger charge is -2.49. The largest absolute Gasteiger partial charge is 0.463 e. The van der Waals surface area contributed by atoms with Gasteiger partial charge in [0, 0.05) is 48.5 Å². The first-order chi connectivity index (χ1) is 26.9. The highest BCUT2D eigenvalue weighted by Crippen LogP contribution is 2.38. The van der Waals surface area contributed by atoms with Gasteiger partial charge >= 0.3 is 41.8 Å². The lowest BCUT2D eigenvalue weighted by atomic mass is 9.96. The van der Waals surface area contributed by atoms with Crippen molar-refractivity contribution in [3.05, 3.63) is 0 Å². The van der Waals surface area contributed by atoms with Gasteiger partial charge in [-0.25, -0.2) is 0 Å². The average Bonchev–Trinajstić information content (AvgIpc) is 3.07. The standard InChI is InChI=1S/C33H44Cl3NO21/c1-11-21(45)24(56-29-26(53-17(7)43)23(51-15(5)41)19(10-47-29)49-13(3)39)27(30(48-11)58-32(37)33(34,35)36)57-31-28(54-18(8)44)25(52-16(6)42)22(50-14(4)40)20(55-31)9-46-12(2)38/h11,19-31,37,45H,9-10H2,1-8H3/t11-,19-,20-,21+,22-,23+,24+,25+,26-,27-,28-,29+,30+,31+/m1/s1. The minimum atomic E-state index is -2.51. The van der Waals surface area contributed by atoms with E-state index in [1.54, 1.807) is 0 Å². The number of aliphatic hydroxyl groups excluding tert-OH is 1. The molecule has 0 spiro atoms. The van der Waals surface area contributed by atoms with Gasteiger partial charge in [0.05, 0.1) is 12.7 Å². The number of hydrogen-bond acceptors (Lipinski definition) is 22. The fraction of sp³-hybridized carbons (Fsp3) is 0.758. The van der Waals surface area contributed by atoms with Gasteiger partial charge in [0.2, 0.25) is 12.2 Å². The van der Waals surface area contributed by atoms with Gasteiger partial charge in [-0.05, 0) is 6.92 Å². The van der Waals surface area contributed by atoms with E-state index in [2.05, 4.69) is 0 Å². The molecule has 3 fully saturated rings. The van der Waals surface area contributed by atoms with Crippen molar-refractivity contribution < 1.29 is 100 Å². The summed E-state index contributed by atoms with van der Waals surface area (Å²) < 4.78 is 70.7. The first kappa shape index (κ1) is 48.8. The molecule has 3 aliphatic heterocycles. The normalized spacial score (nSPS) is 33.7. The first-order valence-corrected chi connectivity index (χ1v) is 18.4. The third kappa shape index (κ3) is 13.7. The van der Waals surface area contributed by atoms with E-state index in [0.29, 0.717) is 0 Å². The van der Waals surface area contributed by atoms with Crippen molar-refractivity contribution >= 4 is 82.5 Å². The van der Waals surface area contributed by atoms with Crippen LogP contribution in [0.25, 0.3) is 0 Å². The molecule has 0 aromatic carbocycles. The van der Waals surface area contributed by atoms with Crippen LogP contribution in [0.3, 0.4) is 0 Å². The Morgan fingerprint density at radius 2 is 1.05 bits per heavy atom. The Labute approximate surface area is 345 Å². The summed E-state index contributed by atoms with van der Waals surface area (Å²) in [7, 11) is 0. The molecular weight excluding hydrogens is 853 g/mol. The van der Waals surface area contributed by atoms with E-state index in [9.17, 15) is 38.7 Å². The van der Waals surface area contributed by atoms with Gasteiger partial charge in [-0.2, -0.15) is 0 Å². The maximum Gasteiger partial charge on any atom is 0.303 e. The maximum atomic E-state index is 12.5. The third-order valence-corrected chi connectivity index (χ3v) is 8.60. The van der Waals surface area contributed by atoms with Crippen LogP contribution in [-0.2, 0) is 95.1 Å². The maximum absolute atomic E-state index is 12.5. The number of ether oxygens (including phenoxy) is 13. The predicted octanol–water partition coefficient (Wildman–Crippen LogP) is 0.461. The first-order valence-electron chi connectivity index (χ1n) is 17.3. The van der Waals surface area contributed by atoms with E-state index in [1.165, 1.54) is 6.92 Å². The number of halogens is 3. The summed E-state index contributed by atoms with van der Waals surface area (Å²) in [6.07, 6.45) is -23.7. The van der Waals surface area contributed by atoms with Crippen molar-refractivity contribution in [1.29, 1.82) is 5.41 Å². The SMILES string of the molecule is CC(=O)OC[C@H]1O[C@@H](O[C@H]2[C@H](OC(=N)C(Cl)(Cl)Cl)O[C@H](C)[C@H](O)[C@@H]2O[C@@H]2OC[C@@H](OC(C)=O)[C@H](OC(C)=O)[C@H]2OC(C)=O)[C@H](OC(C)=O)[C@@H](OC(C)=O)[C@@H]1OC(C)=O. The van der Waals surface area contributed by atoms with Crippen LogP contribution < -0.4 is 0 Å². The summed E-state index contributed by atoms with van der Waals surface area (Å²) in [5, 5.41) is 19.9. The number of nitrogens with one attached hydrogen (secondary N) is 1. The molecule has 3 saturated heterocycles. The summed E-state index contributed by atoms with van der Waals surface area (Å²) in [6.45, 7) is 7.31. The Kier molecular flexibility index (Phi) is 17.7. The Morgan fingerprint density at radius 1 is 0.586 bits per heavy atom. The number of carbonyl (C=O) groups excluding carboxylic acids is 7. The summed E-state index contributed by atoms with van der Waals surface area (Å²) in [6, 6.07) is 0. The van der Waals surface area contributed by atoms with Crippen LogP contribution in [0.5, 0.6) is 0 Å². The molecule has 2 N–H and O–H groups in total. The molecule has 328 valence electrons. The van der Waals surface area contributed by atoms with Crippen LogP contribution >= 0.6 is 34.8 Å². The molecule has 3 heterocycles. The highest BCUT2D eigenvalue weighted by Gasteiger charge is 2.58. The molecule has 22 nitrogen and oxygen atoms in total. The molecule has 0 bridgehead atoms. The predicted molar refractivity (Wildman–Crippen MR) is 188 cm³/mol. The number of aliphatic hydroxyl groups is 1. The molecule has 58 heavy (non-hydrogen) atoms. The molecule has 3 aliphatic rings. The Balaban J connectivity index is 2.21. The van der Waals surface area contributed by atoms with Crippen molar-refractivity contribution in [2.45, 2.75) is 145 Å². The highest BCUT2D eigenvalue weighted by molar-refractivity contribution is 6.76. The monoisotopic (exact) mass is 895 g/mol. The molecule has 0 amide bonds. The molecule has 0 aromatic rings. The van der Waals surface area contributed by atoms with Crippen LogP contribution in [0.15, 0.2) is 0 Å². The van der Waals surface area contributed by atoms with Crippen molar-refractivity contribution in [1.82, 2.24) is 0 Å². The van der Waals surface area contributed by atoms with E-state index in [4.69, 9.17) is 102 Å². The van der Waals surface area contributed by atoms with E-state index >= 15 is 0 Å². The number of esters is 7. The second-order valence-corrected chi connectivity index (χ2v) is 15.2. The Hall–Kier alpha value is -3.61. The zero-order valence-corrected chi connectivity index (χ0v) is 34.5. The Bertz CT molecular complexity index is 1540. The van der Waals surface area contributed by atoms with E-state index < -0.39 is 151 Å². The van der Waals surface area contributed by atoms with Gasteiger partial charge in [-0.15, -0.1) is 0 Å². The molecule has 3 rings (SSSR count).